The Morgan fingerprint density at radius 1 is 1.20 bits per heavy atom. The first kappa shape index (κ1) is 12.7. The van der Waals surface area contributed by atoms with Crippen molar-refractivity contribution in [2.45, 2.75) is 6.10 Å². The second-order valence-corrected chi connectivity index (χ2v) is 4.62. The second-order valence-electron chi connectivity index (χ2n) is 4.62. The zero-order valence-electron chi connectivity index (χ0n) is 10.7. The number of carbonyl (C=O) groups is 1. The number of rotatable bonds is 5. The van der Waals surface area contributed by atoms with Crippen LogP contribution in [0.15, 0.2) is 48.5 Å². The van der Waals surface area contributed by atoms with Crippen molar-refractivity contribution in [3.63, 3.8) is 0 Å². The Hall–Kier alpha value is -2.33. The molecule has 0 saturated carbocycles. The van der Waals surface area contributed by atoms with Crippen LogP contribution in [-0.4, -0.2) is 25.3 Å². The van der Waals surface area contributed by atoms with Crippen LogP contribution in [0.5, 0.6) is 5.75 Å². The van der Waals surface area contributed by atoms with Crippen molar-refractivity contribution in [1.82, 2.24) is 0 Å². The van der Waals surface area contributed by atoms with Crippen molar-refractivity contribution >= 4 is 5.97 Å². The van der Waals surface area contributed by atoms with Crippen molar-refractivity contribution < 1.29 is 19.4 Å². The van der Waals surface area contributed by atoms with E-state index in [-0.39, 0.29) is 11.7 Å². The van der Waals surface area contributed by atoms with Crippen LogP contribution >= 0.6 is 0 Å². The summed E-state index contributed by atoms with van der Waals surface area (Å²) in [5.41, 5.74) is 1.65. The lowest BCUT2D eigenvalue weighted by atomic mass is 10.00. The number of carboxylic acids is 1. The molecule has 0 aliphatic carbocycles. The van der Waals surface area contributed by atoms with Crippen LogP contribution in [0, 0.1) is 0 Å². The van der Waals surface area contributed by atoms with Gasteiger partial charge in [-0.3, -0.25) is 0 Å². The van der Waals surface area contributed by atoms with Crippen LogP contribution in [0.4, 0.5) is 0 Å². The van der Waals surface area contributed by atoms with Gasteiger partial charge < -0.3 is 19.4 Å². The molecule has 1 aliphatic heterocycles. The topological polar surface area (TPSA) is 61.9 Å². The van der Waals surface area contributed by atoms with Gasteiger partial charge in [-0.1, -0.05) is 36.4 Å². The Morgan fingerprint density at radius 2 is 1.90 bits per heavy atom. The number of hydrogen-bond acceptors (Lipinski definition) is 4. The zero-order valence-corrected chi connectivity index (χ0v) is 10.7. The SMILES string of the molecule is O=C([O-])c1ccccc1-c1ccc(OCC2CO2)cc1. The normalized spacial score (nSPS) is 16.7. The predicted molar refractivity (Wildman–Crippen MR) is 71.4 cm³/mol. The molecule has 0 radical (unpaired) electrons. The lowest BCUT2D eigenvalue weighted by molar-refractivity contribution is -0.254. The average molecular weight is 269 g/mol. The number of hydrogen-bond donors (Lipinski definition) is 0. The molecule has 1 fully saturated rings. The molecule has 0 amide bonds. The van der Waals surface area contributed by atoms with E-state index in [0.717, 1.165) is 17.9 Å². The van der Waals surface area contributed by atoms with Gasteiger partial charge in [0.25, 0.3) is 0 Å². The van der Waals surface area contributed by atoms with E-state index in [1.54, 1.807) is 24.3 Å². The molecular weight excluding hydrogens is 256 g/mol. The average Bonchev–Trinajstić information content (AvgIpc) is 3.30. The third-order valence-corrected chi connectivity index (χ3v) is 3.15. The molecule has 2 aromatic rings. The van der Waals surface area contributed by atoms with Crippen LogP contribution in [-0.2, 0) is 4.74 Å². The highest BCUT2D eigenvalue weighted by Crippen LogP contribution is 2.26. The summed E-state index contributed by atoms with van der Waals surface area (Å²) >= 11 is 0. The van der Waals surface area contributed by atoms with E-state index in [9.17, 15) is 9.90 Å². The molecule has 20 heavy (non-hydrogen) atoms. The van der Waals surface area contributed by atoms with Gasteiger partial charge in [0, 0.05) is 5.56 Å². The van der Waals surface area contributed by atoms with Gasteiger partial charge in [-0.2, -0.15) is 0 Å². The molecule has 0 bridgehead atoms. The standard InChI is InChI=1S/C16H14O4/c17-16(18)15-4-2-1-3-14(15)11-5-7-12(8-6-11)19-9-13-10-20-13/h1-8,13H,9-10H2,(H,17,18)/p-1. The first-order valence-electron chi connectivity index (χ1n) is 6.39. The number of carboxylic acid groups (broad SMARTS) is 1. The first-order valence-corrected chi connectivity index (χ1v) is 6.39. The van der Waals surface area contributed by atoms with Crippen LogP contribution in [0.25, 0.3) is 11.1 Å². The fourth-order valence-electron chi connectivity index (χ4n) is 2.00. The number of benzene rings is 2. The van der Waals surface area contributed by atoms with Crippen molar-refractivity contribution in [2.24, 2.45) is 0 Å². The fourth-order valence-corrected chi connectivity index (χ4v) is 2.00. The third-order valence-electron chi connectivity index (χ3n) is 3.15. The van der Waals surface area contributed by atoms with Gasteiger partial charge in [0.05, 0.1) is 12.6 Å². The van der Waals surface area contributed by atoms with E-state index in [4.69, 9.17) is 9.47 Å². The number of epoxide rings is 1. The van der Waals surface area contributed by atoms with Gasteiger partial charge >= 0.3 is 0 Å². The van der Waals surface area contributed by atoms with E-state index < -0.39 is 5.97 Å². The smallest absolute Gasteiger partial charge is 0.119 e. The van der Waals surface area contributed by atoms with E-state index >= 15 is 0 Å². The van der Waals surface area contributed by atoms with Gasteiger partial charge in [-0.25, -0.2) is 0 Å². The van der Waals surface area contributed by atoms with Crippen molar-refractivity contribution in [3.8, 4) is 16.9 Å². The molecule has 3 rings (SSSR count). The Bertz CT molecular complexity index is 615. The summed E-state index contributed by atoms with van der Waals surface area (Å²) in [6.07, 6.45) is 0.216. The minimum Gasteiger partial charge on any atom is -0.545 e. The summed E-state index contributed by atoms with van der Waals surface area (Å²) in [6, 6.07) is 14.1. The summed E-state index contributed by atoms with van der Waals surface area (Å²) in [7, 11) is 0. The molecule has 0 spiro atoms. The first-order chi connectivity index (χ1) is 9.74. The van der Waals surface area contributed by atoms with E-state index in [2.05, 4.69) is 0 Å². The van der Waals surface area contributed by atoms with Gasteiger partial charge in [0.1, 0.15) is 18.5 Å². The van der Waals surface area contributed by atoms with Crippen LogP contribution in [0.2, 0.25) is 0 Å². The Morgan fingerprint density at radius 3 is 2.55 bits per heavy atom. The molecule has 1 saturated heterocycles. The van der Waals surface area contributed by atoms with E-state index in [1.165, 1.54) is 0 Å². The predicted octanol–water partition coefficient (Wildman–Crippen LogP) is 1.49. The number of ether oxygens (including phenoxy) is 2. The molecular formula is C16H13O4-. The maximum Gasteiger partial charge on any atom is 0.119 e. The monoisotopic (exact) mass is 269 g/mol. The van der Waals surface area contributed by atoms with Crippen molar-refractivity contribution in [3.05, 3.63) is 54.1 Å². The van der Waals surface area contributed by atoms with Gasteiger partial charge in [-0.15, -0.1) is 0 Å². The Balaban J connectivity index is 1.81. The third kappa shape index (κ3) is 2.81. The van der Waals surface area contributed by atoms with Crippen LogP contribution in [0.1, 0.15) is 10.4 Å². The minimum absolute atomic E-state index is 0.188. The van der Waals surface area contributed by atoms with Gasteiger partial charge in [0.2, 0.25) is 0 Å². The summed E-state index contributed by atoms with van der Waals surface area (Å²) < 4.78 is 10.6. The molecule has 4 nitrogen and oxygen atoms in total. The second kappa shape index (κ2) is 5.35. The molecule has 1 aliphatic rings. The quantitative estimate of drug-likeness (QED) is 0.772. The van der Waals surface area contributed by atoms with Crippen LogP contribution < -0.4 is 9.84 Å². The molecule has 2 aromatic carbocycles. The highest BCUT2D eigenvalue weighted by atomic mass is 16.6. The highest BCUT2D eigenvalue weighted by Gasteiger charge is 2.22. The largest absolute Gasteiger partial charge is 0.545 e. The van der Waals surface area contributed by atoms with Crippen molar-refractivity contribution in [2.75, 3.05) is 13.2 Å². The van der Waals surface area contributed by atoms with E-state index in [1.807, 2.05) is 24.3 Å². The van der Waals surface area contributed by atoms with Crippen LogP contribution in [0.3, 0.4) is 0 Å². The zero-order chi connectivity index (χ0) is 13.9. The summed E-state index contributed by atoms with van der Waals surface area (Å²) in [5.74, 6) is -0.429. The van der Waals surface area contributed by atoms with E-state index in [0.29, 0.717) is 12.2 Å². The Labute approximate surface area is 116 Å². The number of aromatic carboxylic acids is 1. The molecule has 0 aromatic heterocycles. The van der Waals surface area contributed by atoms with Gasteiger partial charge in [-0.05, 0) is 23.3 Å². The Kier molecular flexibility index (Phi) is 3.39. The van der Waals surface area contributed by atoms with Gasteiger partial charge in [0.15, 0.2) is 0 Å². The maximum absolute atomic E-state index is 11.1. The maximum atomic E-state index is 11.1. The summed E-state index contributed by atoms with van der Waals surface area (Å²) in [6.45, 7) is 1.31. The minimum atomic E-state index is -1.17. The summed E-state index contributed by atoms with van der Waals surface area (Å²) in [5, 5.41) is 11.1. The molecule has 1 unspecified atom stereocenters. The lowest BCUT2D eigenvalue weighted by Gasteiger charge is -2.11. The molecule has 1 atom stereocenters. The lowest BCUT2D eigenvalue weighted by Crippen LogP contribution is -2.22. The van der Waals surface area contributed by atoms with Crippen molar-refractivity contribution in [1.29, 1.82) is 0 Å². The highest BCUT2D eigenvalue weighted by molar-refractivity contribution is 5.94. The molecule has 0 N–H and O–H groups in total. The molecule has 1 heterocycles. The fraction of sp³-hybridized carbons (Fsp3) is 0.188. The number of carbonyl (C=O) groups excluding carboxylic acids is 1. The summed E-state index contributed by atoms with van der Waals surface area (Å²) in [4.78, 5) is 11.1. The molecule has 102 valence electrons. The molecule has 4 heteroatoms.